The first-order valence-corrected chi connectivity index (χ1v) is 6.17. The zero-order chi connectivity index (χ0) is 11.3. The summed E-state index contributed by atoms with van der Waals surface area (Å²) in [6.07, 6.45) is 4.36. The van der Waals surface area contributed by atoms with Crippen molar-refractivity contribution in [3.8, 4) is 0 Å². The van der Waals surface area contributed by atoms with E-state index in [2.05, 4.69) is 21.2 Å². The van der Waals surface area contributed by atoms with E-state index in [4.69, 9.17) is 0 Å². The first-order valence-electron chi connectivity index (χ1n) is 5.38. The number of Topliss-reactive ketones (excluding diaryl/α,β-unsaturated/α-hetero) is 1. The minimum atomic E-state index is -0.516. The molecule has 1 aromatic carbocycles. The molecule has 0 atom stereocenters. The lowest BCUT2D eigenvalue weighted by Crippen LogP contribution is -2.12. The van der Waals surface area contributed by atoms with Crippen LogP contribution in [0.2, 0.25) is 0 Å². The average Bonchev–Trinajstić information content (AvgIpc) is 2.58. The Morgan fingerprint density at radius 3 is 2.75 bits per heavy atom. The highest BCUT2D eigenvalue weighted by atomic mass is 79.9. The van der Waals surface area contributed by atoms with Crippen molar-refractivity contribution in [3.63, 3.8) is 0 Å². The lowest BCUT2D eigenvalue weighted by atomic mass is 9.89. The molecule has 3 nitrogen and oxygen atoms in total. The molecule has 2 aliphatic rings. The predicted octanol–water partition coefficient (Wildman–Crippen LogP) is 2.46. The van der Waals surface area contributed by atoms with Crippen LogP contribution in [-0.4, -0.2) is 11.7 Å². The van der Waals surface area contributed by atoms with Gasteiger partial charge in [0.25, 0.3) is 11.7 Å². The van der Waals surface area contributed by atoms with Gasteiger partial charge < -0.3 is 5.32 Å². The highest BCUT2D eigenvalue weighted by molar-refractivity contribution is 9.10. The molecule has 1 aliphatic heterocycles. The summed E-state index contributed by atoms with van der Waals surface area (Å²) >= 11 is 3.51. The van der Waals surface area contributed by atoms with Gasteiger partial charge in [0.15, 0.2) is 0 Å². The molecule has 1 amide bonds. The number of anilines is 1. The molecule has 0 saturated heterocycles. The Morgan fingerprint density at radius 2 is 1.94 bits per heavy atom. The molecule has 1 N–H and O–H groups in total. The fourth-order valence-electron chi connectivity index (χ4n) is 2.45. The van der Waals surface area contributed by atoms with Crippen LogP contribution in [0.3, 0.4) is 0 Å². The summed E-state index contributed by atoms with van der Waals surface area (Å²) in [5.41, 5.74) is 3.65. The van der Waals surface area contributed by atoms with Gasteiger partial charge in [0.2, 0.25) is 0 Å². The number of hydrogen-bond acceptors (Lipinski definition) is 2. The smallest absolute Gasteiger partial charge is 0.296 e. The van der Waals surface area contributed by atoms with Crippen LogP contribution in [-0.2, 0) is 17.6 Å². The first-order chi connectivity index (χ1) is 7.68. The largest absolute Gasteiger partial charge is 0.317 e. The van der Waals surface area contributed by atoms with Crippen molar-refractivity contribution >= 4 is 33.3 Å². The number of halogens is 1. The van der Waals surface area contributed by atoms with E-state index in [0.717, 1.165) is 23.7 Å². The molecule has 0 spiro atoms. The minimum absolute atomic E-state index is 0.413. The van der Waals surface area contributed by atoms with E-state index in [9.17, 15) is 9.59 Å². The van der Waals surface area contributed by atoms with E-state index in [1.807, 2.05) is 6.07 Å². The number of fused-ring (bicyclic) bond motifs is 2. The van der Waals surface area contributed by atoms with Crippen molar-refractivity contribution in [1.82, 2.24) is 0 Å². The normalized spacial score (nSPS) is 18.1. The molecule has 1 aromatic rings. The van der Waals surface area contributed by atoms with Gasteiger partial charge in [-0.05, 0) is 58.8 Å². The Labute approximate surface area is 101 Å². The van der Waals surface area contributed by atoms with Gasteiger partial charge in [-0.3, -0.25) is 9.59 Å². The summed E-state index contributed by atoms with van der Waals surface area (Å²) in [7, 11) is 0. The van der Waals surface area contributed by atoms with Crippen LogP contribution >= 0.6 is 15.9 Å². The second kappa shape index (κ2) is 3.42. The van der Waals surface area contributed by atoms with Gasteiger partial charge in [-0.2, -0.15) is 0 Å². The SMILES string of the molecule is O=C1Nc2c(cc3c(c2Br)CCCC3)C1=O. The Balaban J connectivity index is 2.25. The molecular formula is C12H10BrNO2. The Bertz CT molecular complexity index is 522. The van der Waals surface area contributed by atoms with Crippen LogP contribution in [0, 0.1) is 0 Å². The summed E-state index contributed by atoms with van der Waals surface area (Å²) in [6, 6.07) is 1.88. The van der Waals surface area contributed by atoms with Gasteiger partial charge in [0.1, 0.15) is 0 Å². The van der Waals surface area contributed by atoms with Crippen LogP contribution in [0.1, 0.15) is 34.3 Å². The fourth-order valence-corrected chi connectivity index (χ4v) is 3.21. The maximum atomic E-state index is 11.6. The fraction of sp³-hybridized carbons (Fsp3) is 0.333. The molecule has 1 heterocycles. The Hall–Kier alpha value is -1.16. The standard InChI is InChI=1S/C12H10BrNO2/c13-9-7-4-2-1-3-6(7)5-8-10(9)14-12(16)11(8)15/h5H,1-4H2,(H,14,15,16). The van der Waals surface area contributed by atoms with E-state index in [0.29, 0.717) is 11.3 Å². The molecular weight excluding hydrogens is 270 g/mol. The van der Waals surface area contributed by atoms with Gasteiger partial charge in [-0.1, -0.05) is 0 Å². The summed E-state index contributed by atoms with van der Waals surface area (Å²) in [5.74, 6) is -0.929. The summed E-state index contributed by atoms with van der Waals surface area (Å²) < 4.78 is 0.902. The number of rotatable bonds is 0. The molecule has 0 unspecified atom stereocenters. The van der Waals surface area contributed by atoms with Crippen molar-refractivity contribution < 1.29 is 9.59 Å². The van der Waals surface area contributed by atoms with E-state index in [1.165, 1.54) is 17.5 Å². The molecule has 4 heteroatoms. The number of benzene rings is 1. The summed E-state index contributed by atoms with van der Waals surface area (Å²) in [4.78, 5) is 22.9. The Kier molecular flexibility index (Phi) is 2.14. The van der Waals surface area contributed by atoms with Crippen molar-refractivity contribution in [2.75, 3.05) is 5.32 Å². The maximum Gasteiger partial charge on any atom is 0.296 e. The van der Waals surface area contributed by atoms with Gasteiger partial charge >= 0.3 is 0 Å². The maximum absolute atomic E-state index is 11.6. The van der Waals surface area contributed by atoms with Gasteiger partial charge in [-0.25, -0.2) is 0 Å². The van der Waals surface area contributed by atoms with Crippen LogP contribution in [0.15, 0.2) is 10.5 Å². The first kappa shape index (κ1) is 10.0. The minimum Gasteiger partial charge on any atom is -0.317 e. The van der Waals surface area contributed by atoms with E-state index in [-0.39, 0.29) is 0 Å². The van der Waals surface area contributed by atoms with E-state index < -0.39 is 11.7 Å². The van der Waals surface area contributed by atoms with Crippen LogP contribution in [0.25, 0.3) is 0 Å². The molecule has 1 aliphatic carbocycles. The lowest BCUT2D eigenvalue weighted by molar-refractivity contribution is -0.112. The van der Waals surface area contributed by atoms with Gasteiger partial charge in [0.05, 0.1) is 11.3 Å². The number of aryl methyl sites for hydroxylation is 1. The van der Waals surface area contributed by atoms with Crippen molar-refractivity contribution in [1.29, 1.82) is 0 Å². The third-order valence-electron chi connectivity index (χ3n) is 3.27. The predicted molar refractivity (Wildman–Crippen MR) is 63.7 cm³/mol. The zero-order valence-electron chi connectivity index (χ0n) is 8.60. The molecule has 16 heavy (non-hydrogen) atoms. The average molecular weight is 280 g/mol. The van der Waals surface area contributed by atoms with Crippen LogP contribution in [0.4, 0.5) is 5.69 Å². The quantitative estimate of drug-likeness (QED) is 0.742. The summed E-state index contributed by atoms with van der Waals surface area (Å²) in [5, 5.41) is 2.63. The number of ketones is 1. The third-order valence-corrected chi connectivity index (χ3v) is 4.15. The van der Waals surface area contributed by atoms with Crippen molar-refractivity contribution in [2.24, 2.45) is 0 Å². The molecule has 82 valence electrons. The van der Waals surface area contributed by atoms with Gasteiger partial charge in [0, 0.05) is 4.47 Å². The lowest BCUT2D eigenvalue weighted by Gasteiger charge is -2.19. The molecule has 3 rings (SSSR count). The summed E-state index contributed by atoms with van der Waals surface area (Å²) in [6.45, 7) is 0. The molecule has 0 aromatic heterocycles. The highest BCUT2D eigenvalue weighted by Gasteiger charge is 2.32. The zero-order valence-corrected chi connectivity index (χ0v) is 10.2. The number of carbonyl (C=O) groups excluding carboxylic acids is 2. The van der Waals surface area contributed by atoms with Crippen molar-refractivity contribution in [2.45, 2.75) is 25.7 Å². The second-order valence-corrected chi connectivity index (χ2v) is 5.03. The van der Waals surface area contributed by atoms with E-state index in [1.54, 1.807) is 0 Å². The highest BCUT2D eigenvalue weighted by Crippen LogP contribution is 2.39. The van der Waals surface area contributed by atoms with Crippen LogP contribution in [0.5, 0.6) is 0 Å². The van der Waals surface area contributed by atoms with Gasteiger partial charge in [-0.15, -0.1) is 0 Å². The third kappa shape index (κ3) is 1.26. The molecule has 0 saturated carbocycles. The number of carbonyl (C=O) groups is 2. The monoisotopic (exact) mass is 279 g/mol. The molecule has 0 fully saturated rings. The second-order valence-electron chi connectivity index (χ2n) is 4.24. The number of hydrogen-bond donors (Lipinski definition) is 1. The molecule has 0 radical (unpaired) electrons. The topological polar surface area (TPSA) is 46.2 Å². The molecule has 0 bridgehead atoms. The van der Waals surface area contributed by atoms with Crippen LogP contribution < -0.4 is 5.32 Å². The van der Waals surface area contributed by atoms with Crippen molar-refractivity contribution in [3.05, 3.63) is 27.2 Å². The Morgan fingerprint density at radius 1 is 1.19 bits per heavy atom. The number of nitrogens with one attached hydrogen (secondary N) is 1. The number of amides is 1. The van der Waals surface area contributed by atoms with E-state index >= 15 is 0 Å².